The van der Waals surface area contributed by atoms with Gasteiger partial charge in [-0.15, -0.1) is 0 Å². The van der Waals surface area contributed by atoms with Gasteiger partial charge in [0.15, 0.2) is 5.69 Å². The minimum Gasteiger partial charge on any atom is -0.464 e. The standard InChI is InChI=1S/C22H15ClF3N3O2S/c1-11-3-5-13-15(9-11)29-19(23)17(13)14-10-12(22(24,25)26)4-6-16(14)32-20-18(21(30)31-2)27-7-8-28-20/h3-10,29H,1-2H3. The lowest BCUT2D eigenvalue weighted by Crippen LogP contribution is -2.07. The van der Waals surface area contributed by atoms with Crippen molar-refractivity contribution in [3.05, 3.63) is 70.8 Å². The van der Waals surface area contributed by atoms with Gasteiger partial charge in [0.25, 0.3) is 0 Å². The smallest absolute Gasteiger partial charge is 0.416 e. The fourth-order valence-corrected chi connectivity index (χ4v) is 4.54. The van der Waals surface area contributed by atoms with Gasteiger partial charge in [0, 0.05) is 33.8 Å². The lowest BCUT2D eigenvalue weighted by Gasteiger charge is -2.14. The molecule has 0 amide bonds. The predicted molar refractivity (Wildman–Crippen MR) is 116 cm³/mol. The highest BCUT2D eigenvalue weighted by molar-refractivity contribution is 7.99. The number of fused-ring (bicyclic) bond motifs is 1. The van der Waals surface area contributed by atoms with Crippen LogP contribution in [-0.4, -0.2) is 28.0 Å². The number of methoxy groups -OCH3 is 1. The number of aromatic nitrogens is 3. The number of nitrogens with one attached hydrogen (secondary N) is 1. The summed E-state index contributed by atoms with van der Waals surface area (Å²) in [4.78, 5) is 23.7. The van der Waals surface area contributed by atoms with Crippen LogP contribution >= 0.6 is 23.4 Å². The Morgan fingerprint density at radius 3 is 2.59 bits per heavy atom. The molecule has 0 fully saturated rings. The quantitative estimate of drug-likeness (QED) is 0.338. The normalized spacial score (nSPS) is 11.7. The molecule has 2 heterocycles. The molecule has 4 rings (SSSR count). The molecule has 0 aliphatic rings. The number of esters is 1. The SMILES string of the molecule is COC(=O)c1nccnc1Sc1ccc(C(F)(F)F)cc1-c1c(Cl)[nH]c2cc(C)ccc12. The van der Waals surface area contributed by atoms with Crippen LogP contribution in [0.1, 0.15) is 21.6 Å². The van der Waals surface area contributed by atoms with Crippen LogP contribution in [0.2, 0.25) is 5.15 Å². The maximum Gasteiger partial charge on any atom is 0.416 e. The van der Waals surface area contributed by atoms with Crippen LogP contribution < -0.4 is 0 Å². The van der Waals surface area contributed by atoms with Gasteiger partial charge >= 0.3 is 12.1 Å². The van der Waals surface area contributed by atoms with Crippen LogP contribution in [-0.2, 0) is 10.9 Å². The lowest BCUT2D eigenvalue weighted by molar-refractivity contribution is -0.137. The average molecular weight is 478 g/mol. The number of benzene rings is 2. The third kappa shape index (κ3) is 4.18. The van der Waals surface area contributed by atoms with Crippen molar-refractivity contribution in [2.24, 2.45) is 0 Å². The van der Waals surface area contributed by atoms with E-state index < -0.39 is 17.7 Å². The van der Waals surface area contributed by atoms with Gasteiger partial charge in [-0.25, -0.2) is 14.8 Å². The summed E-state index contributed by atoms with van der Waals surface area (Å²) in [7, 11) is 1.21. The second-order valence-electron chi connectivity index (χ2n) is 6.88. The van der Waals surface area contributed by atoms with Crippen LogP contribution in [0.4, 0.5) is 13.2 Å². The first-order valence-corrected chi connectivity index (χ1v) is 10.4. The highest BCUT2D eigenvalue weighted by Crippen LogP contribution is 2.45. The molecule has 5 nitrogen and oxygen atoms in total. The summed E-state index contributed by atoms with van der Waals surface area (Å²) in [5.41, 5.74) is 1.51. The molecular formula is C22H15ClF3N3O2S. The highest BCUT2D eigenvalue weighted by Gasteiger charge is 2.32. The highest BCUT2D eigenvalue weighted by atomic mass is 35.5. The van der Waals surface area contributed by atoms with Gasteiger partial charge in [-0.1, -0.05) is 35.5 Å². The molecule has 1 N–H and O–H groups in total. The summed E-state index contributed by atoms with van der Waals surface area (Å²) in [5.74, 6) is -0.699. The molecule has 0 unspecified atom stereocenters. The van der Waals surface area contributed by atoms with Crippen molar-refractivity contribution in [2.75, 3.05) is 7.11 Å². The van der Waals surface area contributed by atoms with E-state index >= 15 is 0 Å². The Hall–Kier alpha value is -3.04. The van der Waals surface area contributed by atoms with Crippen molar-refractivity contribution in [1.29, 1.82) is 0 Å². The Bertz CT molecular complexity index is 1340. The number of carbonyl (C=O) groups excluding carboxylic acids is 1. The summed E-state index contributed by atoms with van der Waals surface area (Å²) in [5, 5.41) is 1.08. The molecule has 32 heavy (non-hydrogen) atoms. The van der Waals surface area contributed by atoms with Crippen LogP contribution in [0, 0.1) is 6.92 Å². The molecule has 164 valence electrons. The molecule has 0 atom stereocenters. The molecule has 10 heteroatoms. The number of H-pyrrole nitrogens is 1. The molecule has 0 radical (unpaired) electrons. The fourth-order valence-electron chi connectivity index (χ4n) is 3.27. The van der Waals surface area contributed by atoms with Gasteiger partial charge < -0.3 is 9.72 Å². The maximum atomic E-state index is 13.5. The number of halogens is 4. The Morgan fingerprint density at radius 2 is 1.88 bits per heavy atom. The largest absolute Gasteiger partial charge is 0.464 e. The van der Waals surface area contributed by atoms with Gasteiger partial charge in [-0.05, 0) is 42.3 Å². The predicted octanol–water partition coefficient (Wildman–Crippen LogP) is 6.54. The fraction of sp³-hybridized carbons (Fsp3) is 0.136. The van der Waals surface area contributed by atoms with E-state index in [2.05, 4.69) is 15.0 Å². The van der Waals surface area contributed by atoms with Gasteiger partial charge in [0.1, 0.15) is 10.2 Å². The van der Waals surface area contributed by atoms with Crippen LogP contribution in [0.25, 0.3) is 22.0 Å². The number of ether oxygens (including phenoxy) is 1. The van der Waals surface area contributed by atoms with E-state index in [-0.39, 0.29) is 21.4 Å². The second kappa shape index (κ2) is 8.48. The van der Waals surface area contributed by atoms with Crippen molar-refractivity contribution in [2.45, 2.75) is 23.0 Å². The number of nitrogens with zero attached hydrogens (tertiary/aromatic N) is 2. The Morgan fingerprint density at radius 1 is 1.12 bits per heavy atom. The van der Waals surface area contributed by atoms with E-state index in [1.165, 1.54) is 25.6 Å². The van der Waals surface area contributed by atoms with Gasteiger partial charge in [-0.3, -0.25) is 0 Å². The van der Waals surface area contributed by atoms with Gasteiger partial charge in [0.2, 0.25) is 0 Å². The molecule has 0 aliphatic carbocycles. The topological polar surface area (TPSA) is 67.9 Å². The summed E-state index contributed by atoms with van der Waals surface area (Å²) < 4.78 is 45.3. The van der Waals surface area contributed by atoms with Crippen molar-refractivity contribution >= 4 is 40.2 Å². The number of hydrogen-bond donors (Lipinski definition) is 1. The number of hydrogen-bond acceptors (Lipinski definition) is 5. The van der Waals surface area contributed by atoms with Crippen molar-refractivity contribution in [1.82, 2.24) is 15.0 Å². The summed E-state index contributed by atoms with van der Waals surface area (Å²) >= 11 is 7.46. The molecule has 4 aromatic rings. The zero-order valence-corrected chi connectivity index (χ0v) is 18.3. The first-order valence-electron chi connectivity index (χ1n) is 9.25. The summed E-state index contributed by atoms with van der Waals surface area (Å²) in [6, 6.07) is 8.89. The monoisotopic (exact) mass is 477 g/mol. The molecule has 0 spiro atoms. The first-order chi connectivity index (χ1) is 15.2. The molecule has 2 aromatic carbocycles. The summed E-state index contributed by atoms with van der Waals surface area (Å²) in [6.45, 7) is 1.90. The number of alkyl halides is 3. The third-order valence-corrected chi connectivity index (χ3v) is 6.09. The van der Waals surface area contributed by atoms with Crippen LogP contribution in [0.15, 0.2) is 58.7 Å². The van der Waals surface area contributed by atoms with E-state index in [9.17, 15) is 18.0 Å². The number of aromatic amines is 1. The van der Waals surface area contributed by atoms with E-state index in [0.29, 0.717) is 21.4 Å². The minimum absolute atomic E-state index is 0.0357. The number of aryl methyl sites for hydroxylation is 1. The number of carbonyl (C=O) groups is 1. The zero-order valence-electron chi connectivity index (χ0n) is 16.7. The van der Waals surface area contributed by atoms with E-state index in [0.717, 1.165) is 29.5 Å². The Kier molecular flexibility index (Phi) is 5.87. The summed E-state index contributed by atoms with van der Waals surface area (Å²) in [6.07, 6.45) is -1.82. The Labute approximate surface area is 190 Å². The van der Waals surface area contributed by atoms with E-state index in [4.69, 9.17) is 16.3 Å². The van der Waals surface area contributed by atoms with Crippen molar-refractivity contribution in [3.8, 4) is 11.1 Å². The molecule has 2 aromatic heterocycles. The first kappa shape index (κ1) is 22.2. The van der Waals surface area contributed by atoms with Crippen LogP contribution in [0.5, 0.6) is 0 Å². The van der Waals surface area contributed by atoms with Gasteiger partial charge in [-0.2, -0.15) is 13.2 Å². The van der Waals surface area contributed by atoms with E-state index in [1.54, 1.807) is 6.07 Å². The van der Waals surface area contributed by atoms with Crippen molar-refractivity contribution < 1.29 is 22.7 Å². The minimum atomic E-state index is -4.54. The molecule has 0 aliphatic heterocycles. The van der Waals surface area contributed by atoms with Crippen molar-refractivity contribution in [3.63, 3.8) is 0 Å². The molecule has 0 saturated heterocycles. The molecular weight excluding hydrogens is 463 g/mol. The Balaban J connectivity index is 1.93. The zero-order chi connectivity index (χ0) is 23.0. The van der Waals surface area contributed by atoms with E-state index in [1.807, 2.05) is 19.1 Å². The second-order valence-corrected chi connectivity index (χ2v) is 8.28. The maximum absolute atomic E-state index is 13.5. The van der Waals surface area contributed by atoms with Gasteiger partial charge in [0.05, 0.1) is 12.7 Å². The third-order valence-electron chi connectivity index (χ3n) is 4.73. The van der Waals surface area contributed by atoms with Crippen LogP contribution in [0.3, 0.4) is 0 Å². The molecule has 0 saturated carbocycles. The number of rotatable bonds is 4. The lowest BCUT2D eigenvalue weighted by atomic mass is 10.0. The average Bonchev–Trinajstić information content (AvgIpc) is 3.07. The molecule has 0 bridgehead atoms.